The molecule has 1 fully saturated rings. The van der Waals surface area contributed by atoms with E-state index in [0.717, 1.165) is 24.3 Å². The van der Waals surface area contributed by atoms with E-state index in [1.54, 1.807) is 17.0 Å². The van der Waals surface area contributed by atoms with Crippen LogP contribution in [-0.2, 0) is 11.0 Å². The van der Waals surface area contributed by atoms with E-state index in [1.165, 1.54) is 6.26 Å². The first-order chi connectivity index (χ1) is 14.2. The monoisotopic (exact) mass is 423 g/mol. The van der Waals surface area contributed by atoms with Gasteiger partial charge in [-0.2, -0.15) is 13.2 Å². The summed E-state index contributed by atoms with van der Waals surface area (Å²) in [6, 6.07) is 6.83. The predicted octanol–water partition coefficient (Wildman–Crippen LogP) is 2.45. The molecular weight excluding hydrogens is 403 g/mol. The number of hydrogen-bond donors (Lipinski definition) is 2. The molecule has 30 heavy (non-hydrogen) atoms. The van der Waals surface area contributed by atoms with Crippen LogP contribution in [0.5, 0.6) is 0 Å². The molecular formula is C20H20F3N3O4. The van der Waals surface area contributed by atoms with Crippen LogP contribution < -0.4 is 10.6 Å². The summed E-state index contributed by atoms with van der Waals surface area (Å²) in [6.45, 7) is 0.621. The SMILES string of the molecule is O=C(CNC(=O)c1ccc(C(F)(F)F)cc1)NC1CCN(C(=O)c2ccco2)CC1. The lowest BCUT2D eigenvalue weighted by molar-refractivity contribution is -0.137. The molecule has 3 rings (SSSR count). The van der Waals surface area contributed by atoms with Crippen molar-refractivity contribution >= 4 is 17.7 Å². The van der Waals surface area contributed by atoms with Gasteiger partial charge in [0.1, 0.15) is 0 Å². The lowest BCUT2D eigenvalue weighted by atomic mass is 10.0. The molecule has 160 valence electrons. The molecule has 2 aromatic rings. The second kappa shape index (κ2) is 9.02. The van der Waals surface area contributed by atoms with E-state index < -0.39 is 23.6 Å². The highest BCUT2D eigenvalue weighted by Gasteiger charge is 2.30. The van der Waals surface area contributed by atoms with Crippen LogP contribution in [0, 0.1) is 0 Å². The summed E-state index contributed by atoms with van der Waals surface area (Å²) >= 11 is 0. The third kappa shape index (κ3) is 5.40. The lowest BCUT2D eigenvalue weighted by Gasteiger charge is -2.31. The minimum atomic E-state index is -4.48. The number of alkyl halides is 3. The van der Waals surface area contributed by atoms with Crippen LogP contribution in [0.4, 0.5) is 13.2 Å². The van der Waals surface area contributed by atoms with Gasteiger partial charge in [-0.25, -0.2) is 0 Å². The molecule has 2 heterocycles. The Labute approximate surface area is 170 Å². The topological polar surface area (TPSA) is 91.7 Å². The minimum absolute atomic E-state index is 0.0283. The van der Waals surface area contributed by atoms with Gasteiger partial charge in [0, 0.05) is 24.7 Å². The summed E-state index contributed by atoms with van der Waals surface area (Å²) in [6.07, 6.45) is -1.93. The Balaban J connectivity index is 1.41. The lowest BCUT2D eigenvalue weighted by Crippen LogP contribution is -2.48. The predicted molar refractivity (Wildman–Crippen MR) is 99.6 cm³/mol. The molecule has 3 amide bonds. The van der Waals surface area contributed by atoms with E-state index in [4.69, 9.17) is 4.42 Å². The van der Waals surface area contributed by atoms with Gasteiger partial charge in [-0.3, -0.25) is 14.4 Å². The molecule has 0 bridgehead atoms. The summed E-state index contributed by atoms with van der Waals surface area (Å²) in [5.41, 5.74) is -0.825. The van der Waals surface area contributed by atoms with Crippen LogP contribution >= 0.6 is 0 Å². The van der Waals surface area contributed by atoms with Crippen molar-refractivity contribution in [2.24, 2.45) is 0 Å². The fourth-order valence-electron chi connectivity index (χ4n) is 3.13. The molecule has 0 radical (unpaired) electrons. The Kier molecular flexibility index (Phi) is 6.43. The molecule has 0 saturated carbocycles. The number of furan rings is 1. The van der Waals surface area contributed by atoms with Crippen molar-refractivity contribution in [3.05, 3.63) is 59.5 Å². The maximum atomic E-state index is 12.6. The zero-order chi connectivity index (χ0) is 21.7. The first-order valence-electron chi connectivity index (χ1n) is 9.31. The van der Waals surface area contributed by atoms with E-state index in [0.29, 0.717) is 25.9 Å². The zero-order valence-electron chi connectivity index (χ0n) is 15.9. The second-order valence-corrected chi connectivity index (χ2v) is 6.87. The minimum Gasteiger partial charge on any atom is -0.459 e. The van der Waals surface area contributed by atoms with Gasteiger partial charge in [-0.05, 0) is 49.2 Å². The molecule has 1 aromatic heterocycles. The highest BCUT2D eigenvalue weighted by molar-refractivity contribution is 5.96. The van der Waals surface area contributed by atoms with Crippen molar-refractivity contribution < 1.29 is 32.0 Å². The molecule has 1 aliphatic rings. The van der Waals surface area contributed by atoms with Gasteiger partial charge in [0.2, 0.25) is 5.91 Å². The molecule has 1 aromatic carbocycles. The highest BCUT2D eigenvalue weighted by atomic mass is 19.4. The van der Waals surface area contributed by atoms with Crippen LogP contribution in [0.25, 0.3) is 0 Å². The van der Waals surface area contributed by atoms with Crippen LogP contribution in [0.3, 0.4) is 0 Å². The van der Waals surface area contributed by atoms with Crippen LogP contribution in [-0.4, -0.2) is 48.3 Å². The number of halogens is 3. The maximum Gasteiger partial charge on any atom is 0.416 e. The average molecular weight is 423 g/mol. The number of carbonyl (C=O) groups excluding carboxylic acids is 3. The highest BCUT2D eigenvalue weighted by Crippen LogP contribution is 2.29. The van der Waals surface area contributed by atoms with E-state index in [1.807, 2.05) is 0 Å². The molecule has 2 N–H and O–H groups in total. The van der Waals surface area contributed by atoms with Crippen molar-refractivity contribution in [2.45, 2.75) is 25.1 Å². The number of hydrogen-bond acceptors (Lipinski definition) is 4. The van der Waals surface area contributed by atoms with Gasteiger partial charge >= 0.3 is 6.18 Å². The molecule has 7 nitrogen and oxygen atoms in total. The van der Waals surface area contributed by atoms with Gasteiger partial charge in [-0.1, -0.05) is 0 Å². The molecule has 1 saturated heterocycles. The maximum absolute atomic E-state index is 12.6. The van der Waals surface area contributed by atoms with E-state index in [2.05, 4.69) is 10.6 Å². The summed E-state index contributed by atoms with van der Waals surface area (Å²) < 4.78 is 42.8. The molecule has 0 unspecified atom stereocenters. The first-order valence-corrected chi connectivity index (χ1v) is 9.31. The third-order valence-corrected chi connectivity index (χ3v) is 4.76. The standard InChI is InChI=1S/C20H20F3N3O4/c21-20(22,23)14-5-3-13(4-6-14)18(28)24-12-17(27)25-15-7-9-26(10-8-15)19(29)16-2-1-11-30-16/h1-6,11,15H,7-10,12H2,(H,24,28)(H,25,27). The van der Waals surface area contributed by atoms with Gasteiger partial charge in [-0.15, -0.1) is 0 Å². The summed E-state index contributed by atoms with van der Waals surface area (Å²) in [5.74, 6) is -0.985. The van der Waals surface area contributed by atoms with E-state index in [-0.39, 0.29) is 29.8 Å². The number of piperidine rings is 1. The number of rotatable bonds is 5. The van der Waals surface area contributed by atoms with Crippen molar-refractivity contribution in [1.29, 1.82) is 0 Å². The largest absolute Gasteiger partial charge is 0.459 e. The Hall–Kier alpha value is -3.30. The van der Waals surface area contributed by atoms with E-state index in [9.17, 15) is 27.6 Å². The third-order valence-electron chi connectivity index (χ3n) is 4.76. The fourth-order valence-corrected chi connectivity index (χ4v) is 3.13. The zero-order valence-corrected chi connectivity index (χ0v) is 15.9. The first kappa shape index (κ1) is 21.4. The number of nitrogens with zero attached hydrogens (tertiary/aromatic N) is 1. The van der Waals surface area contributed by atoms with Crippen LogP contribution in [0.1, 0.15) is 39.3 Å². The van der Waals surface area contributed by atoms with Crippen molar-refractivity contribution in [3.8, 4) is 0 Å². The number of nitrogens with one attached hydrogen (secondary N) is 2. The van der Waals surface area contributed by atoms with Gasteiger partial charge < -0.3 is 20.0 Å². The molecule has 0 aliphatic carbocycles. The van der Waals surface area contributed by atoms with Crippen LogP contribution in [0.15, 0.2) is 47.1 Å². The van der Waals surface area contributed by atoms with Crippen molar-refractivity contribution in [1.82, 2.24) is 15.5 Å². The Morgan fingerprint density at radius 1 is 1.07 bits per heavy atom. The number of likely N-dealkylation sites (tertiary alicyclic amines) is 1. The van der Waals surface area contributed by atoms with Crippen molar-refractivity contribution in [3.63, 3.8) is 0 Å². The number of amides is 3. The molecule has 0 spiro atoms. The smallest absolute Gasteiger partial charge is 0.416 e. The van der Waals surface area contributed by atoms with Gasteiger partial charge in [0.15, 0.2) is 5.76 Å². The second-order valence-electron chi connectivity index (χ2n) is 6.87. The van der Waals surface area contributed by atoms with Gasteiger partial charge in [0.05, 0.1) is 18.4 Å². The Morgan fingerprint density at radius 2 is 1.73 bits per heavy atom. The Morgan fingerprint density at radius 3 is 2.30 bits per heavy atom. The van der Waals surface area contributed by atoms with Crippen LogP contribution in [0.2, 0.25) is 0 Å². The molecule has 0 atom stereocenters. The van der Waals surface area contributed by atoms with E-state index >= 15 is 0 Å². The normalized spacial score (nSPS) is 15.0. The summed E-state index contributed by atoms with van der Waals surface area (Å²) in [4.78, 5) is 37.9. The quantitative estimate of drug-likeness (QED) is 0.773. The summed E-state index contributed by atoms with van der Waals surface area (Å²) in [7, 11) is 0. The molecule has 1 aliphatic heterocycles. The number of benzene rings is 1. The number of carbonyl (C=O) groups is 3. The van der Waals surface area contributed by atoms with Crippen molar-refractivity contribution in [2.75, 3.05) is 19.6 Å². The Bertz CT molecular complexity index is 887. The average Bonchev–Trinajstić information content (AvgIpc) is 3.26. The fraction of sp³-hybridized carbons (Fsp3) is 0.350. The van der Waals surface area contributed by atoms with Gasteiger partial charge in [0.25, 0.3) is 11.8 Å². The summed E-state index contributed by atoms with van der Waals surface area (Å²) in [5, 5.41) is 5.17. The molecule has 10 heteroatoms.